The van der Waals surface area contributed by atoms with Crippen LogP contribution < -0.4 is 0 Å². The molecule has 0 radical (unpaired) electrons. The smallest absolute Gasteiger partial charge is 0.112 e. The molecule has 0 N–H and O–H groups in total. The molecule has 15 heavy (non-hydrogen) atoms. The Hall–Kier alpha value is -0.480. The highest BCUT2D eigenvalue weighted by Gasteiger charge is 2.47. The van der Waals surface area contributed by atoms with Gasteiger partial charge >= 0.3 is 0 Å². The third-order valence-electron chi connectivity index (χ3n) is 3.23. The van der Waals surface area contributed by atoms with E-state index >= 15 is 0 Å². The van der Waals surface area contributed by atoms with Gasteiger partial charge in [-0.25, -0.2) is 0 Å². The monoisotopic (exact) mass is 213 g/mol. The fraction of sp³-hybridized carbons (Fsp3) is 1.00. The SMILES string of the molecule is CCC[N+]1(C(C)C)N=NC(C(C)C)N1C. The van der Waals surface area contributed by atoms with Gasteiger partial charge in [0.2, 0.25) is 0 Å². The number of hydrogen-bond donors (Lipinski definition) is 0. The summed E-state index contributed by atoms with van der Waals surface area (Å²) in [6, 6.07) is 0.461. The fourth-order valence-electron chi connectivity index (χ4n) is 2.31. The van der Waals surface area contributed by atoms with Gasteiger partial charge in [0, 0.05) is 12.3 Å². The van der Waals surface area contributed by atoms with E-state index in [4.69, 9.17) is 0 Å². The van der Waals surface area contributed by atoms with Crippen molar-refractivity contribution in [2.24, 2.45) is 16.3 Å². The molecule has 1 rings (SSSR count). The maximum absolute atomic E-state index is 4.53. The summed E-state index contributed by atoms with van der Waals surface area (Å²) in [6.07, 6.45) is 1.37. The standard InChI is InChI=1S/C11H25N4/c1-7-8-15(10(4)5)13-12-11(9(2)3)14(15)6/h9-11H,7-8H2,1-6H3/q+1. The Labute approximate surface area is 93.5 Å². The van der Waals surface area contributed by atoms with E-state index in [1.54, 1.807) is 0 Å². The Morgan fingerprint density at radius 2 is 1.87 bits per heavy atom. The van der Waals surface area contributed by atoms with E-state index in [2.05, 4.69) is 57.0 Å². The summed E-state index contributed by atoms with van der Waals surface area (Å²) in [4.78, 5) is 0. The molecule has 0 bridgehead atoms. The van der Waals surface area contributed by atoms with Crippen molar-refractivity contribution in [2.75, 3.05) is 13.6 Å². The molecule has 1 aliphatic rings. The molecule has 0 saturated heterocycles. The average Bonchev–Trinajstić information content (AvgIpc) is 2.46. The average molecular weight is 213 g/mol. The molecule has 0 aromatic heterocycles. The highest BCUT2D eigenvalue weighted by Crippen LogP contribution is 2.31. The Morgan fingerprint density at radius 3 is 2.20 bits per heavy atom. The minimum atomic E-state index is 0.235. The molecular formula is C11H25N4+. The van der Waals surface area contributed by atoms with Crippen molar-refractivity contribution in [3.05, 3.63) is 0 Å². The number of nitrogens with zero attached hydrogens (tertiary/aromatic N) is 4. The van der Waals surface area contributed by atoms with E-state index in [1.807, 2.05) is 0 Å². The topological polar surface area (TPSA) is 28.0 Å². The minimum Gasteiger partial charge on any atom is -0.112 e. The first-order chi connectivity index (χ1) is 6.95. The van der Waals surface area contributed by atoms with Crippen LogP contribution in [0, 0.1) is 5.92 Å². The van der Waals surface area contributed by atoms with Crippen LogP contribution in [0.15, 0.2) is 10.3 Å². The van der Waals surface area contributed by atoms with Crippen molar-refractivity contribution in [3.63, 3.8) is 0 Å². The molecule has 2 atom stereocenters. The van der Waals surface area contributed by atoms with Gasteiger partial charge in [-0.05, 0) is 26.2 Å². The number of quaternary nitrogens is 1. The molecule has 4 heteroatoms. The van der Waals surface area contributed by atoms with Crippen molar-refractivity contribution >= 4 is 0 Å². The molecule has 0 aliphatic carbocycles. The molecule has 0 amide bonds. The second-order valence-electron chi connectivity index (χ2n) is 5.04. The summed E-state index contributed by atoms with van der Waals surface area (Å²) < 4.78 is 0.666. The predicted octanol–water partition coefficient (Wildman–Crippen LogP) is 2.83. The van der Waals surface area contributed by atoms with Gasteiger partial charge in [-0.15, -0.1) is 10.1 Å². The van der Waals surface area contributed by atoms with Gasteiger partial charge in [-0.2, -0.15) is 0 Å². The number of hydrogen-bond acceptors (Lipinski definition) is 3. The van der Waals surface area contributed by atoms with E-state index in [-0.39, 0.29) is 6.17 Å². The van der Waals surface area contributed by atoms with Crippen molar-refractivity contribution in [1.82, 2.24) is 5.01 Å². The molecule has 1 aliphatic heterocycles. The van der Waals surface area contributed by atoms with Crippen LogP contribution in [0.4, 0.5) is 0 Å². The van der Waals surface area contributed by atoms with Crippen molar-refractivity contribution in [1.29, 1.82) is 0 Å². The Balaban J connectivity index is 2.90. The van der Waals surface area contributed by atoms with E-state index in [0.717, 1.165) is 13.0 Å². The molecule has 2 unspecified atom stereocenters. The van der Waals surface area contributed by atoms with Gasteiger partial charge in [0.25, 0.3) is 0 Å². The second-order valence-corrected chi connectivity index (χ2v) is 5.04. The van der Waals surface area contributed by atoms with E-state index in [9.17, 15) is 0 Å². The quantitative estimate of drug-likeness (QED) is 0.660. The third kappa shape index (κ3) is 2.06. The summed E-state index contributed by atoms with van der Waals surface area (Å²) in [5.74, 6) is 0.523. The van der Waals surface area contributed by atoms with Crippen LogP contribution >= 0.6 is 0 Å². The molecule has 0 aromatic rings. The van der Waals surface area contributed by atoms with Crippen LogP contribution in [0.1, 0.15) is 41.0 Å². The van der Waals surface area contributed by atoms with E-state index in [1.165, 1.54) is 0 Å². The zero-order valence-corrected chi connectivity index (χ0v) is 10.9. The first-order valence-electron chi connectivity index (χ1n) is 5.99. The molecule has 0 fully saturated rings. The van der Waals surface area contributed by atoms with Gasteiger partial charge in [0.15, 0.2) is 6.17 Å². The fourth-order valence-corrected chi connectivity index (χ4v) is 2.31. The van der Waals surface area contributed by atoms with Gasteiger partial charge in [-0.3, -0.25) is 0 Å². The Bertz CT molecular complexity index is 237. The number of rotatable bonds is 4. The van der Waals surface area contributed by atoms with Crippen molar-refractivity contribution in [2.45, 2.75) is 53.2 Å². The van der Waals surface area contributed by atoms with Gasteiger partial charge in [0.1, 0.15) is 12.6 Å². The largest absolute Gasteiger partial charge is 0.179 e. The lowest BCUT2D eigenvalue weighted by Crippen LogP contribution is -2.59. The van der Waals surface area contributed by atoms with Crippen LogP contribution in [0.25, 0.3) is 0 Å². The predicted molar refractivity (Wildman–Crippen MR) is 61.8 cm³/mol. The summed E-state index contributed by atoms with van der Waals surface area (Å²) in [7, 11) is 2.14. The molecule has 1 heterocycles. The van der Waals surface area contributed by atoms with Crippen LogP contribution in [0.2, 0.25) is 0 Å². The van der Waals surface area contributed by atoms with Crippen molar-refractivity contribution in [3.8, 4) is 0 Å². The summed E-state index contributed by atoms with van der Waals surface area (Å²) in [6.45, 7) is 12.1. The van der Waals surface area contributed by atoms with Crippen LogP contribution in [-0.4, -0.2) is 35.5 Å². The van der Waals surface area contributed by atoms with E-state index < -0.39 is 0 Å². The minimum absolute atomic E-state index is 0.235. The lowest BCUT2D eigenvalue weighted by atomic mass is 10.1. The molecule has 0 spiro atoms. The highest BCUT2D eigenvalue weighted by atomic mass is 16.0. The molecule has 88 valence electrons. The maximum atomic E-state index is 4.53. The first-order valence-corrected chi connectivity index (χ1v) is 5.99. The molecule has 0 aromatic carbocycles. The maximum Gasteiger partial charge on any atom is 0.179 e. The van der Waals surface area contributed by atoms with Crippen LogP contribution in [-0.2, 0) is 0 Å². The zero-order chi connectivity index (χ0) is 11.6. The van der Waals surface area contributed by atoms with Crippen molar-refractivity contribution < 1.29 is 4.70 Å². The molecular weight excluding hydrogens is 188 g/mol. The highest BCUT2D eigenvalue weighted by molar-refractivity contribution is 4.66. The third-order valence-corrected chi connectivity index (χ3v) is 3.23. The lowest BCUT2D eigenvalue weighted by Gasteiger charge is -2.38. The van der Waals surface area contributed by atoms with Gasteiger partial charge in [0.05, 0.1) is 0 Å². The zero-order valence-electron chi connectivity index (χ0n) is 10.9. The summed E-state index contributed by atoms with van der Waals surface area (Å²) in [5.41, 5.74) is 0. The van der Waals surface area contributed by atoms with Crippen LogP contribution in [0.5, 0.6) is 0 Å². The lowest BCUT2D eigenvalue weighted by molar-refractivity contribution is -1.05. The van der Waals surface area contributed by atoms with Gasteiger partial charge < -0.3 is 0 Å². The summed E-state index contributed by atoms with van der Waals surface area (Å²) in [5, 5.41) is 11.3. The van der Waals surface area contributed by atoms with Crippen LogP contribution in [0.3, 0.4) is 0 Å². The molecule has 0 saturated carbocycles. The van der Waals surface area contributed by atoms with E-state index in [0.29, 0.717) is 16.7 Å². The summed E-state index contributed by atoms with van der Waals surface area (Å²) >= 11 is 0. The molecule has 4 nitrogen and oxygen atoms in total. The Kier molecular flexibility index (Phi) is 3.84. The normalized spacial score (nSPS) is 32.1. The first kappa shape index (κ1) is 12.6. The van der Waals surface area contributed by atoms with Gasteiger partial charge in [-0.1, -0.05) is 25.5 Å². The Morgan fingerprint density at radius 1 is 1.27 bits per heavy atom. The second kappa shape index (κ2) is 4.58.